The van der Waals surface area contributed by atoms with Crippen LogP contribution in [0.25, 0.3) is 0 Å². The van der Waals surface area contributed by atoms with Gasteiger partial charge in [0.2, 0.25) is 10.0 Å². The highest BCUT2D eigenvalue weighted by Gasteiger charge is 2.17. The first-order valence-electron chi connectivity index (χ1n) is 5.88. The van der Waals surface area contributed by atoms with Gasteiger partial charge in [0.05, 0.1) is 9.82 Å². The van der Waals surface area contributed by atoms with E-state index >= 15 is 0 Å². The lowest BCUT2D eigenvalue weighted by Gasteiger charge is -2.07. The molecule has 0 spiro atoms. The molecular weight excluding hydrogens is 299 g/mol. The molecule has 0 aliphatic rings. The minimum atomic E-state index is -3.86. The molecule has 2 aromatic rings. The fraction of sp³-hybridized carbons (Fsp3) is 0.0769. The number of sulfonamides is 1. The van der Waals surface area contributed by atoms with E-state index in [-0.39, 0.29) is 22.7 Å². The predicted molar refractivity (Wildman–Crippen MR) is 73.5 cm³/mol. The molecule has 0 saturated heterocycles. The minimum Gasteiger partial charge on any atom is -0.258 e. The van der Waals surface area contributed by atoms with Crippen LogP contribution < -0.4 is 4.72 Å². The van der Waals surface area contributed by atoms with Gasteiger partial charge in [0.25, 0.3) is 5.69 Å². The molecule has 0 fully saturated rings. The van der Waals surface area contributed by atoms with Gasteiger partial charge in [-0.05, 0) is 24.3 Å². The predicted octanol–water partition coefficient (Wildman–Crippen LogP) is 2.21. The number of halogens is 1. The van der Waals surface area contributed by atoms with Gasteiger partial charge in [-0.2, -0.15) is 0 Å². The third-order valence-electron chi connectivity index (χ3n) is 2.76. The Bertz CT molecular complexity index is 760. The van der Waals surface area contributed by atoms with Crippen molar-refractivity contribution in [3.8, 4) is 0 Å². The van der Waals surface area contributed by atoms with E-state index in [9.17, 15) is 22.9 Å². The summed E-state index contributed by atoms with van der Waals surface area (Å²) in [5, 5.41) is 10.8. The van der Waals surface area contributed by atoms with Crippen LogP contribution in [0, 0.1) is 15.9 Å². The largest absolute Gasteiger partial charge is 0.273 e. The van der Waals surface area contributed by atoms with Gasteiger partial charge < -0.3 is 0 Å². The Morgan fingerprint density at radius 2 is 1.71 bits per heavy atom. The summed E-state index contributed by atoms with van der Waals surface area (Å²) in [6.45, 7) is -0.225. The average molecular weight is 310 g/mol. The number of nitrogens with one attached hydrogen (secondary N) is 1. The van der Waals surface area contributed by atoms with Crippen LogP contribution in [-0.4, -0.2) is 13.3 Å². The average Bonchev–Trinajstić information content (AvgIpc) is 2.46. The van der Waals surface area contributed by atoms with Gasteiger partial charge in [-0.3, -0.25) is 10.1 Å². The number of para-hydroxylation sites is 1. The molecule has 0 saturated carbocycles. The Morgan fingerprint density at radius 3 is 2.33 bits per heavy atom. The van der Waals surface area contributed by atoms with Crippen molar-refractivity contribution in [2.75, 3.05) is 0 Å². The smallest absolute Gasteiger partial charge is 0.258 e. The zero-order valence-electron chi connectivity index (χ0n) is 10.7. The molecule has 6 nitrogen and oxygen atoms in total. The SMILES string of the molecule is O=[N+]([O-])c1ccccc1CNS(=O)(=O)c1ccc(F)cc1. The number of nitrogens with zero attached hydrogens (tertiary/aromatic N) is 1. The summed E-state index contributed by atoms with van der Waals surface area (Å²) < 4.78 is 39.0. The number of hydrogen-bond donors (Lipinski definition) is 1. The maximum Gasteiger partial charge on any atom is 0.273 e. The summed E-state index contributed by atoms with van der Waals surface area (Å²) in [7, 11) is -3.86. The molecule has 0 radical (unpaired) electrons. The minimum absolute atomic E-state index is 0.109. The van der Waals surface area contributed by atoms with Crippen LogP contribution in [0.5, 0.6) is 0 Å². The number of nitro benzene ring substituents is 1. The molecule has 0 amide bonds. The maximum absolute atomic E-state index is 12.8. The van der Waals surface area contributed by atoms with Gasteiger partial charge in [0, 0.05) is 18.2 Å². The Labute approximate surface area is 120 Å². The molecule has 0 aromatic heterocycles. The second kappa shape index (κ2) is 5.98. The summed E-state index contributed by atoms with van der Waals surface area (Å²) in [6.07, 6.45) is 0. The van der Waals surface area contributed by atoms with Crippen LogP contribution >= 0.6 is 0 Å². The zero-order valence-corrected chi connectivity index (χ0v) is 11.5. The summed E-state index contributed by atoms with van der Waals surface area (Å²) in [4.78, 5) is 10.1. The summed E-state index contributed by atoms with van der Waals surface area (Å²) in [6, 6.07) is 10.1. The number of hydrogen-bond acceptors (Lipinski definition) is 4. The van der Waals surface area contributed by atoms with Crippen LogP contribution in [-0.2, 0) is 16.6 Å². The van der Waals surface area contributed by atoms with E-state index in [0.29, 0.717) is 0 Å². The quantitative estimate of drug-likeness (QED) is 0.677. The van der Waals surface area contributed by atoms with E-state index < -0.39 is 20.8 Å². The number of benzene rings is 2. The molecule has 0 aliphatic heterocycles. The van der Waals surface area contributed by atoms with E-state index in [4.69, 9.17) is 0 Å². The van der Waals surface area contributed by atoms with Crippen molar-refractivity contribution < 1.29 is 17.7 Å². The van der Waals surface area contributed by atoms with E-state index in [0.717, 1.165) is 24.3 Å². The van der Waals surface area contributed by atoms with Gasteiger partial charge in [-0.1, -0.05) is 18.2 Å². The van der Waals surface area contributed by atoms with Crippen molar-refractivity contribution in [1.82, 2.24) is 4.72 Å². The van der Waals surface area contributed by atoms with E-state index in [1.807, 2.05) is 0 Å². The highest BCUT2D eigenvalue weighted by molar-refractivity contribution is 7.89. The molecule has 0 atom stereocenters. The van der Waals surface area contributed by atoms with Crippen LogP contribution in [0.2, 0.25) is 0 Å². The van der Waals surface area contributed by atoms with E-state index in [1.165, 1.54) is 18.2 Å². The molecule has 1 N–H and O–H groups in total. The molecule has 21 heavy (non-hydrogen) atoms. The summed E-state index contributed by atoms with van der Waals surface area (Å²) in [5.74, 6) is -0.548. The molecule has 110 valence electrons. The summed E-state index contributed by atoms with van der Waals surface area (Å²) >= 11 is 0. The van der Waals surface area contributed by atoms with Crippen LogP contribution in [0.15, 0.2) is 53.4 Å². The first-order valence-corrected chi connectivity index (χ1v) is 7.36. The standard InChI is InChI=1S/C13H11FN2O4S/c14-11-5-7-12(8-6-11)21(19,20)15-9-10-3-1-2-4-13(10)16(17)18/h1-8,15H,9H2. The Balaban J connectivity index is 2.19. The molecule has 2 aromatic carbocycles. The lowest BCUT2D eigenvalue weighted by molar-refractivity contribution is -0.385. The topological polar surface area (TPSA) is 89.3 Å². The van der Waals surface area contributed by atoms with Crippen LogP contribution in [0.1, 0.15) is 5.56 Å². The van der Waals surface area contributed by atoms with Crippen molar-refractivity contribution in [2.24, 2.45) is 0 Å². The van der Waals surface area contributed by atoms with Crippen LogP contribution in [0.4, 0.5) is 10.1 Å². The molecule has 0 aliphatic carbocycles. The van der Waals surface area contributed by atoms with Gasteiger partial charge >= 0.3 is 0 Å². The molecule has 0 unspecified atom stereocenters. The third kappa shape index (κ3) is 3.61. The van der Waals surface area contributed by atoms with Crippen molar-refractivity contribution in [1.29, 1.82) is 0 Å². The first-order chi connectivity index (χ1) is 9.90. The normalized spacial score (nSPS) is 11.3. The van der Waals surface area contributed by atoms with Gasteiger partial charge in [0.15, 0.2) is 0 Å². The lowest BCUT2D eigenvalue weighted by Crippen LogP contribution is -2.23. The van der Waals surface area contributed by atoms with E-state index in [1.54, 1.807) is 6.07 Å². The lowest BCUT2D eigenvalue weighted by atomic mass is 10.2. The highest BCUT2D eigenvalue weighted by atomic mass is 32.2. The van der Waals surface area contributed by atoms with Gasteiger partial charge in [-0.15, -0.1) is 0 Å². The molecule has 0 bridgehead atoms. The van der Waals surface area contributed by atoms with Gasteiger partial charge in [-0.25, -0.2) is 17.5 Å². The second-order valence-corrected chi connectivity index (χ2v) is 5.93. The molecule has 2 rings (SSSR count). The number of rotatable bonds is 5. The molecule has 0 heterocycles. The first kappa shape index (κ1) is 15.1. The summed E-state index contributed by atoms with van der Waals surface area (Å²) in [5.41, 5.74) is 0.0764. The Hall–Kier alpha value is -2.32. The zero-order chi connectivity index (χ0) is 15.5. The fourth-order valence-electron chi connectivity index (χ4n) is 1.71. The van der Waals surface area contributed by atoms with Crippen molar-refractivity contribution >= 4 is 15.7 Å². The van der Waals surface area contributed by atoms with Crippen LogP contribution in [0.3, 0.4) is 0 Å². The molecule has 8 heteroatoms. The monoisotopic (exact) mass is 310 g/mol. The van der Waals surface area contributed by atoms with Crippen molar-refractivity contribution in [3.63, 3.8) is 0 Å². The third-order valence-corrected chi connectivity index (χ3v) is 4.18. The highest BCUT2D eigenvalue weighted by Crippen LogP contribution is 2.18. The van der Waals surface area contributed by atoms with Crippen molar-refractivity contribution in [2.45, 2.75) is 11.4 Å². The fourth-order valence-corrected chi connectivity index (χ4v) is 2.71. The Kier molecular flexibility index (Phi) is 4.29. The van der Waals surface area contributed by atoms with E-state index in [2.05, 4.69) is 4.72 Å². The maximum atomic E-state index is 12.8. The van der Waals surface area contributed by atoms with Crippen molar-refractivity contribution in [3.05, 3.63) is 70.0 Å². The van der Waals surface area contributed by atoms with Gasteiger partial charge in [0.1, 0.15) is 5.82 Å². The second-order valence-electron chi connectivity index (χ2n) is 4.16. The number of nitro groups is 1. The molecular formula is C13H11FN2O4S. The Morgan fingerprint density at radius 1 is 1.10 bits per heavy atom.